The van der Waals surface area contributed by atoms with Crippen LogP contribution in [0.25, 0.3) is 0 Å². The Morgan fingerprint density at radius 3 is 2.78 bits per heavy atom. The van der Waals surface area contributed by atoms with Crippen LogP contribution in [0.1, 0.15) is 54.5 Å². The number of carbonyl (C=O) groups is 1. The Kier molecular flexibility index (Phi) is 4.89. The van der Waals surface area contributed by atoms with Crippen molar-refractivity contribution in [3.63, 3.8) is 0 Å². The van der Waals surface area contributed by atoms with Crippen LogP contribution < -0.4 is 5.73 Å². The van der Waals surface area contributed by atoms with Crippen molar-refractivity contribution in [1.82, 2.24) is 4.98 Å². The molecule has 0 unspecified atom stereocenters. The number of ketones is 1. The Morgan fingerprint density at radius 2 is 2.17 bits per heavy atom. The lowest BCUT2D eigenvalue weighted by Crippen LogP contribution is -2.22. The maximum atomic E-state index is 12.3. The highest BCUT2D eigenvalue weighted by atomic mass is 32.1. The van der Waals surface area contributed by atoms with Gasteiger partial charge in [0.1, 0.15) is 5.69 Å². The minimum Gasteiger partial charge on any atom is -0.330 e. The standard InChI is InChI=1S/C14H22N2OS/c1-2-10-3-5-11(6-4-10)14(17)12-9-18-13(16-12)7-8-15/h9-11H,2-8,15H2,1H3. The molecule has 100 valence electrons. The molecule has 0 aliphatic heterocycles. The van der Waals surface area contributed by atoms with Crippen molar-refractivity contribution in [2.24, 2.45) is 17.6 Å². The zero-order valence-electron chi connectivity index (χ0n) is 11.0. The van der Waals surface area contributed by atoms with Crippen LogP contribution in [0.15, 0.2) is 5.38 Å². The molecule has 0 bridgehead atoms. The quantitative estimate of drug-likeness (QED) is 0.833. The zero-order chi connectivity index (χ0) is 13.0. The van der Waals surface area contributed by atoms with Crippen LogP contribution in [0.5, 0.6) is 0 Å². The molecular weight excluding hydrogens is 244 g/mol. The smallest absolute Gasteiger partial charge is 0.185 e. The molecule has 0 aromatic carbocycles. The number of hydrogen-bond acceptors (Lipinski definition) is 4. The van der Waals surface area contributed by atoms with Crippen molar-refractivity contribution in [2.45, 2.75) is 45.4 Å². The topological polar surface area (TPSA) is 56.0 Å². The third kappa shape index (κ3) is 3.18. The summed E-state index contributed by atoms with van der Waals surface area (Å²) >= 11 is 1.56. The van der Waals surface area contributed by atoms with Gasteiger partial charge >= 0.3 is 0 Å². The Bertz CT molecular complexity index is 394. The first-order valence-electron chi connectivity index (χ1n) is 6.93. The second kappa shape index (κ2) is 6.43. The van der Waals surface area contributed by atoms with Gasteiger partial charge in [-0.05, 0) is 38.1 Å². The van der Waals surface area contributed by atoms with E-state index in [2.05, 4.69) is 11.9 Å². The molecule has 1 aliphatic carbocycles. The van der Waals surface area contributed by atoms with Gasteiger partial charge in [-0.3, -0.25) is 4.79 Å². The predicted molar refractivity (Wildman–Crippen MR) is 74.9 cm³/mol. The Morgan fingerprint density at radius 1 is 1.44 bits per heavy atom. The fourth-order valence-electron chi connectivity index (χ4n) is 2.70. The molecule has 0 amide bonds. The lowest BCUT2D eigenvalue weighted by Gasteiger charge is -2.26. The second-order valence-corrected chi connectivity index (χ2v) is 6.10. The molecule has 0 radical (unpaired) electrons. The van der Waals surface area contributed by atoms with Gasteiger partial charge < -0.3 is 5.73 Å². The van der Waals surface area contributed by atoms with Gasteiger partial charge in [-0.1, -0.05) is 13.3 Å². The van der Waals surface area contributed by atoms with E-state index in [1.165, 1.54) is 19.3 Å². The van der Waals surface area contributed by atoms with E-state index in [1.54, 1.807) is 11.3 Å². The van der Waals surface area contributed by atoms with Gasteiger partial charge in [-0.25, -0.2) is 4.98 Å². The maximum absolute atomic E-state index is 12.3. The fraction of sp³-hybridized carbons (Fsp3) is 0.714. The molecule has 2 rings (SSSR count). The first kappa shape index (κ1) is 13.7. The SMILES string of the molecule is CCC1CCC(C(=O)c2csc(CCN)n2)CC1. The lowest BCUT2D eigenvalue weighted by atomic mass is 9.78. The van der Waals surface area contributed by atoms with Gasteiger partial charge in [0.2, 0.25) is 0 Å². The highest BCUT2D eigenvalue weighted by Gasteiger charge is 2.27. The number of nitrogens with two attached hydrogens (primary N) is 1. The van der Waals surface area contributed by atoms with Crippen LogP contribution >= 0.6 is 11.3 Å². The van der Waals surface area contributed by atoms with E-state index in [-0.39, 0.29) is 11.7 Å². The summed E-state index contributed by atoms with van der Waals surface area (Å²) in [5.41, 5.74) is 6.17. The van der Waals surface area contributed by atoms with Crippen molar-refractivity contribution in [2.75, 3.05) is 6.54 Å². The van der Waals surface area contributed by atoms with E-state index in [1.807, 2.05) is 5.38 Å². The largest absolute Gasteiger partial charge is 0.330 e. The Hall–Kier alpha value is -0.740. The summed E-state index contributed by atoms with van der Waals surface area (Å²) in [6.07, 6.45) is 6.51. The van der Waals surface area contributed by atoms with E-state index in [9.17, 15) is 4.79 Å². The van der Waals surface area contributed by atoms with Crippen LogP contribution in [-0.4, -0.2) is 17.3 Å². The molecule has 1 saturated carbocycles. The van der Waals surface area contributed by atoms with Crippen LogP contribution in [0, 0.1) is 11.8 Å². The highest BCUT2D eigenvalue weighted by Crippen LogP contribution is 2.32. The monoisotopic (exact) mass is 266 g/mol. The van der Waals surface area contributed by atoms with Crippen molar-refractivity contribution in [3.8, 4) is 0 Å². The summed E-state index contributed by atoms with van der Waals surface area (Å²) in [5, 5.41) is 2.89. The lowest BCUT2D eigenvalue weighted by molar-refractivity contribution is 0.0866. The molecule has 3 nitrogen and oxygen atoms in total. The summed E-state index contributed by atoms with van der Waals surface area (Å²) in [6, 6.07) is 0. The second-order valence-electron chi connectivity index (χ2n) is 5.16. The normalized spacial score (nSPS) is 24.1. The van der Waals surface area contributed by atoms with Crippen molar-refractivity contribution in [3.05, 3.63) is 16.1 Å². The van der Waals surface area contributed by atoms with Gasteiger partial charge in [-0.15, -0.1) is 11.3 Å². The van der Waals surface area contributed by atoms with E-state index in [0.717, 1.165) is 30.2 Å². The summed E-state index contributed by atoms with van der Waals surface area (Å²) in [5.74, 6) is 1.29. The number of hydrogen-bond donors (Lipinski definition) is 1. The molecule has 4 heteroatoms. The van der Waals surface area contributed by atoms with Crippen molar-refractivity contribution in [1.29, 1.82) is 0 Å². The summed E-state index contributed by atoms with van der Waals surface area (Å²) in [4.78, 5) is 16.7. The first-order valence-corrected chi connectivity index (χ1v) is 7.81. The molecule has 2 N–H and O–H groups in total. The van der Waals surface area contributed by atoms with Gasteiger partial charge in [-0.2, -0.15) is 0 Å². The fourth-order valence-corrected chi connectivity index (χ4v) is 3.51. The van der Waals surface area contributed by atoms with Crippen molar-refractivity contribution < 1.29 is 4.79 Å². The van der Waals surface area contributed by atoms with Crippen molar-refractivity contribution >= 4 is 17.1 Å². The van der Waals surface area contributed by atoms with E-state index < -0.39 is 0 Å². The molecular formula is C14H22N2OS. The molecule has 0 spiro atoms. The van der Waals surface area contributed by atoms with Gasteiger partial charge in [0.25, 0.3) is 0 Å². The molecule has 1 aliphatic rings. The summed E-state index contributed by atoms with van der Waals surface area (Å²) < 4.78 is 0. The predicted octanol–water partition coefficient (Wildman–Crippen LogP) is 3.04. The Labute approximate surface area is 113 Å². The van der Waals surface area contributed by atoms with Gasteiger partial charge in [0.05, 0.1) is 5.01 Å². The summed E-state index contributed by atoms with van der Waals surface area (Å²) in [7, 11) is 0. The third-order valence-electron chi connectivity index (χ3n) is 3.96. The number of nitrogens with zero attached hydrogens (tertiary/aromatic N) is 1. The van der Waals surface area contributed by atoms with Crippen LogP contribution in [0.4, 0.5) is 0 Å². The zero-order valence-corrected chi connectivity index (χ0v) is 11.8. The summed E-state index contributed by atoms with van der Waals surface area (Å²) in [6.45, 7) is 2.84. The molecule has 18 heavy (non-hydrogen) atoms. The van der Waals surface area contributed by atoms with Crippen LogP contribution in [0.3, 0.4) is 0 Å². The third-order valence-corrected chi connectivity index (χ3v) is 4.87. The average Bonchev–Trinajstić information content (AvgIpc) is 2.87. The van der Waals surface area contributed by atoms with E-state index in [4.69, 9.17) is 5.73 Å². The first-order chi connectivity index (χ1) is 8.74. The number of carbonyl (C=O) groups excluding carboxylic acids is 1. The Balaban J connectivity index is 1.94. The molecule has 1 aromatic heterocycles. The van der Waals surface area contributed by atoms with E-state index >= 15 is 0 Å². The molecule has 1 fully saturated rings. The van der Waals surface area contributed by atoms with E-state index in [0.29, 0.717) is 12.2 Å². The molecule has 1 aromatic rings. The average molecular weight is 266 g/mol. The highest BCUT2D eigenvalue weighted by molar-refractivity contribution is 7.09. The molecule has 0 atom stereocenters. The maximum Gasteiger partial charge on any atom is 0.185 e. The van der Waals surface area contributed by atoms with Gasteiger partial charge in [0.15, 0.2) is 5.78 Å². The number of rotatable bonds is 5. The minimum absolute atomic E-state index is 0.209. The molecule has 1 heterocycles. The number of Topliss-reactive ketones (excluding diaryl/α,β-unsaturated/α-hetero) is 1. The van der Waals surface area contributed by atoms with Crippen LogP contribution in [-0.2, 0) is 6.42 Å². The van der Waals surface area contributed by atoms with Crippen LogP contribution in [0.2, 0.25) is 0 Å². The minimum atomic E-state index is 0.209. The van der Waals surface area contributed by atoms with Gasteiger partial charge in [0, 0.05) is 17.7 Å². The molecule has 0 saturated heterocycles. The number of aromatic nitrogens is 1. The number of thiazole rings is 1.